The standard InChI is InChI=1S/C27H29NO2/c1-4-27(3,5-2)22-14-15-24-21(16-22)18-25(19-10-7-6-8-11-19)28(24)23-13-9-12-20(17-23)26(29)30/h4,6-13,17-18,22H,1,5,14-16H2,2-3H3,(H,29,30). The Kier molecular flexibility index (Phi) is 5.38. The summed E-state index contributed by atoms with van der Waals surface area (Å²) >= 11 is 0. The summed E-state index contributed by atoms with van der Waals surface area (Å²) in [4.78, 5) is 11.6. The molecule has 1 aliphatic rings. The van der Waals surface area contributed by atoms with Gasteiger partial charge in [-0.25, -0.2) is 4.79 Å². The predicted octanol–water partition coefficient (Wildman–Crippen LogP) is 6.55. The van der Waals surface area contributed by atoms with E-state index in [1.54, 1.807) is 12.1 Å². The molecular weight excluding hydrogens is 370 g/mol. The molecule has 0 saturated carbocycles. The van der Waals surface area contributed by atoms with Crippen LogP contribution in [0.3, 0.4) is 0 Å². The minimum Gasteiger partial charge on any atom is -0.478 e. The van der Waals surface area contributed by atoms with Crippen LogP contribution in [0.5, 0.6) is 0 Å². The van der Waals surface area contributed by atoms with Crippen LogP contribution in [-0.4, -0.2) is 15.6 Å². The number of aromatic carboxylic acids is 1. The minimum absolute atomic E-state index is 0.135. The van der Waals surface area contributed by atoms with Crippen LogP contribution in [0.1, 0.15) is 48.3 Å². The van der Waals surface area contributed by atoms with Gasteiger partial charge in [-0.15, -0.1) is 6.58 Å². The van der Waals surface area contributed by atoms with Crippen molar-refractivity contribution in [1.29, 1.82) is 0 Å². The molecule has 3 aromatic rings. The van der Waals surface area contributed by atoms with Gasteiger partial charge in [0.15, 0.2) is 0 Å². The van der Waals surface area contributed by atoms with Gasteiger partial charge in [-0.1, -0.05) is 56.3 Å². The summed E-state index contributed by atoms with van der Waals surface area (Å²) in [5.41, 5.74) is 6.30. The van der Waals surface area contributed by atoms with Crippen molar-refractivity contribution in [3.05, 3.63) is 90.1 Å². The number of hydrogen-bond donors (Lipinski definition) is 1. The molecule has 0 aliphatic heterocycles. The molecular formula is C27H29NO2. The number of allylic oxidation sites excluding steroid dienone is 1. The van der Waals surface area contributed by atoms with Crippen LogP contribution in [0, 0.1) is 11.3 Å². The minimum atomic E-state index is -0.899. The van der Waals surface area contributed by atoms with E-state index in [9.17, 15) is 9.90 Å². The number of carbonyl (C=O) groups is 1. The molecule has 0 spiro atoms. The van der Waals surface area contributed by atoms with Gasteiger partial charge in [0.1, 0.15) is 0 Å². The number of fused-ring (bicyclic) bond motifs is 1. The van der Waals surface area contributed by atoms with Gasteiger partial charge in [0.05, 0.1) is 11.3 Å². The van der Waals surface area contributed by atoms with E-state index in [0.717, 1.165) is 42.6 Å². The number of rotatable bonds is 6. The predicted molar refractivity (Wildman–Crippen MR) is 122 cm³/mol. The van der Waals surface area contributed by atoms with Crippen LogP contribution in [0.4, 0.5) is 0 Å². The lowest BCUT2D eigenvalue weighted by Crippen LogP contribution is -2.30. The molecule has 154 valence electrons. The number of carboxylic acid groups (broad SMARTS) is 1. The summed E-state index contributed by atoms with van der Waals surface area (Å²) in [6, 6.07) is 19.9. The topological polar surface area (TPSA) is 42.2 Å². The first-order valence-electron chi connectivity index (χ1n) is 10.7. The summed E-state index contributed by atoms with van der Waals surface area (Å²) in [5, 5.41) is 9.49. The van der Waals surface area contributed by atoms with Crippen molar-refractivity contribution in [2.75, 3.05) is 0 Å². The van der Waals surface area contributed by atoms with E-state index in [2.05, 4.69) is 49.3 Å². The number of carboxylic acids is 1. The van der Waals surface area contributed by atoms with Crippen LogP contribution in [0.25, 0.3) is 16.9 Å². The lowest BCUT2D eigenvalue weighted by Gasteiger charge is -2.37. The van der Waals surface area contributed by atoms with Gasteiger partial charge in [-0.2, -0.15) is 0 Å². The average molecular weight is 400 g/mol. The molecule has 1 aromatic heterocycles. The van der Waals surface area contributed by atoms with Gasteiger partial charge in [0.25, 0.3) is 0 Å². The first-order chi connectivity index (χ1) is 14.5. The molecule has 1 aliphatic carbocycles. The van der Waals surface area contributed by atoms with Crippen molar-refractivity contribution in [1.82, 2.24) is 4.57 Å². The monoisotopic (exact) mass is 399 g/mol. The van der Waals surface area contributed by atoms with Crippen molar-refractivity contribution in [2.24, 2.45) is 11.3 Å². The maximum Gasteiger partial charge on any atom is 0.335 e. The average Bonchev–Trinajstić information content (AvgIpc) is 3.18. The highest BCUT2D eigenvalue weighted by Crippen LogP contribution is 2.43. The molecule has 3 nitrogen and oxygen atoms in total. The Hall–Kier alpha value is -3.07. The van der Waals surface area contributed by atoms with Gasteiger partial charge in [0, 0.05) is 11.4 Å². The van der Waals surface area contributed by atoms with Crippen LogP contribution < -0.4 is 0 Å². The van der Waals surface area contributed by atoms with Crippen molar-refractivity contribution in [3.63, 3.8) is 0 Å². The smallest absolute Gasteiger partial charge is 0.335 e. The molecule has 1 N–H and O–H groups in total. The van der Waals surface area contributed by atoms with Crippen LogP contribution >= 0.6 is 0 Å². The van der Waals surface area contributed by atoms with E-state index in [4.69, 9.17) is 0 Å². The van der Waals surface area contributed by atoms with E-state index in [0.29, 0.717) is 11.5 Å². The van der Waals surface area contributed by atoms with Gasteiger partial charge in [-0.3, -0.25) is 0 Å². The van der Waals surface area contributed by atoms with E-state index < -0.39 is 5.97 Å². The summed E-state index contributed by atoms with van der Waals surface area (Å²) < 4.78 is 2.27. The number of nitrogens with zero attached hydrogens (tertiary/aromatic N) is 1. The highest BCUT2D eigenvalue weighted by Gasteiger charge is 2.34. The molecule has 2 unspecified atom stereocenters. The fourth-order valence-corrected chi connectivity index (χ4v) is 4.79. The van der Waals surface area contributed by atoms with Crippen molar-refractivity contribution in [3.8, 4) is 16.9 Å². The maximum absolute atomic E-state index is 11.6. The molecule has 0 radical (unpaired) electrons. The zero-order valence-electron chi connectivity index (χ0n) is 17.8. The van der Waals surface area contributed by atoms with E-state index >= 15 is 0 Å². The van der Waals surface area contributed by atoms with E-state index in [1.807, 2.05) is 30.3 Å². The molecule has 2 aromatic carbocycles. The molecule has 0 fully saturated rings. The zero-order chi connectivity index (χ0) is 21.3. The Morgan fingerprint density at radius 2 is 1.97 bits per heavy atom. The second-order valence-electron chi connectivity index (χ2n) is 8.56. The lowest BCUT2D eigenvalue weighted by molar-refractivity contribution is 0.0697. The summed E-state index contributed by atoms with van der Waals surface area (Å²) in [6.07, 6.45) is 6.34. The molecule has 3 heteroatoms. The van der Waals surface area contributed by atoms with Crippen LogP contribution in [0.2, 0.25) is 0 Å². The zero-order valence-corrected chi connectivity index (χ0v) is 17.8. The van der Waals surface area contributed by atoms with Crippen molar-refractivity contribution >= 4 is 5.97 Å². The van der Waals surface area contributed by atoms with Gasteiger partial charge in [0.2, 0.25) is 0 Å². The SMILES string of the molecule is C=CC(C)(CC)C1CCc2c(cc(-c3ccccc3)n2-c2cccc(C(=O)O)c2)C1. The Bertz CT molecular complexity index is 1080. The second kappa shape index (κ2) is 7.98. The Morgan fingerprint density at radius 3 is 2.63 bits per heavy atom. The Labute approximate surface area is 178 Å². The fraction of sp³-hybridized carbons (Fsp3) is 0.296. The molecule has 4 rings (SSSR count). The first kappa shape index (κ1) is 20.2. The van der Waals surface area contributed by atoms with Gasteiger partial charge < -0.3 is 9.67 Å². The third-order valence-electron chi connectivity index (χ3n) is 6.97. The second-order valence-corrected chi connectivity index (χ2v) is 8.56. The largest absolute Gasteiger partial charge is 0.478 e. The lowest BCUT2D eigenvalue weighted by atomic mass is 9.68. The Morgan fingerprint density at radius 1 is 1.20 bits per heavy atom. The third-order valence-corrected chi connectivity index (χ3v) is 6.97. The maximum atomic E-state index is 11.6. The fourth-order valence-electron chi connectivity index (χ4n) is 4.79. The van der Waals surface area contributed by atoms with Crippen molar-refractivity contribution in [2.45, 2.75) is 39.5 Å². The number of aromatic nitrogens is 1. The van der Waals surface area contributed by atoms with E-state index in [-0.39, 0.29) is 5.41 Å². The number of benzene rings is 2. The molecule has 0 bridgehead atoms. The molecule has 0 saturated heterocycles. The Balaban J connectivity index is 1.86. The third kappa shape index (κ3) is 3.49. The van der Waals surface area contributed by atoms with Crippen LogP contribution in [-0.2, 0) is 12.8 Å². The normalized spacial score (nSPS) is 17.7. The van der Waals surface area contributed by atoms with Crippen molar-refractivity contribution < 1.29 is 9.90 Å². The quantitative estimate of drug-likeness (QED) is 0.478. The molecule has 2 atom stereocenters. The van der Waals surface area contributed by atoms with E-state index in [1.165, 1.54) is 11.3 Å². The molecule has 30 heavy (non-hydrogen) atoms. The summed E-state index contributed by atoms with van der Waals surface area (Å²) in [7, 11) is 0. The van der Waals surface area contributed by atoms with Gasteiger partial charge in [-0.05, 0) is 72.4 Å². The first-order valence-corrected chi connectivity index (χ1v) is 10.7. The highest BCUT2D eigenvalue weighted by atomic mass is 16.4. The molecule has 0 amide bonds. The number of hydrogen-bond acceptors (Lipinski definition) is 1. The molecule has 1 heterocycles. The van der Waals surface area contributed by atoms with Crippen LogP contribution in [0.15, 0.2) is 73.3 Å². The van der Waals surface area contributed by atoms with Gasteiger partial charge >= 0.3 is 5.97 Å². The summed E-state index contributed by atoms with van der Waals surface area (Å²) in [5.74, 6) is -0.332. The highest BCUT2D eigenvalue weighted by molar-refractivity contribution is 5.88. The summed E-state index contributed by atoms with van der Waals surface area (Å²) in [6.45, 7) is 8.68.